The Labute approximate surface area is 121 Å². The molecule has 0 aliphatic heterocycles. The summed E-state index contributed by atoms with van der Waals surface area (Å²) >= 11 is 6.16. The second kappa shape index (κ2) is 5.35. The van der Waals surface area contributed by atoms with Gasteiger partial charge in [-0.25, -0.2) is 0 Å². The highest BCUT2D eigenvalue weighted by Crippen LogP contribution is 2.32. The molecule has 0 unspecified atom stereocenters. The van der Waals surface area contributed by atoms with Gasteiger partial charge in [0, 0.05) is 5.56 Å². The Hall–Kier alpha value is -2.33. The molecule has 4 nitrogen and oxygen atoms in total. The molecule has 3 aromatic rings. The number of nitrogens with zero attached hydrogens (tertiary/aromatic N) is 2. The van der Waals surface area contributed by atoms with Gasteiger partial charge in [-0.05, 0) is 30.3 Å². The summed E-state index contributed by atoms with van der Waals surface area (Å²) in [6.07, 6.45) is 0. The first kappa shape index (κ1) is 12.7. The van der Waals surface area contributed by atoms with Gasteiger partial charge in [0.15, 0.2) is 0 Å². The Morgan fingerprint density at radius 2 is 1.75 bits per heavy atom. The number of halogens is 1. The summed E-state index contributed by atoms with van der Waals surface area (Å²) < 4.78 is 10.8. The molecule has 100 valence electrons. The van der Waals surface area contributed by atoms with E-state index in [4.69, 9.17) is 20.8 Å². The summed E-state index contributed by atoms with van der Waals surface area (Å²) in [5.74, 6) is 1.51. The summed E-state index contributed by atoms with van der Waals surface area (Å²) in [5, 5.41) is 8.62. The molecule has 0 aliphatic rings. The van der Waals surface area contributed by atoms with Crippen LogP contribution >= 0.6 is 11.6 Å². The normalized spacial score (nSPS) is 10.5. The molecule has 20 heavy (non-hydrogen) atoms. The lowest BCUT2D eigenvalue weighted by molar-refractivity contribution is 0.415. The minimum atomic E-state index is 0.368. The molecule has 0 saturated carbocycles. The lowest BCUT2D eigenvalue weighted by Crippen LogP contribution is -1.85. The van der Waals surface area contributed by atoms with E-state index in [0.717, 1.165) is 5.56 Å². The molecule has 5 heteroatoms. The number of methoxy groups -OCH3 is 1. The number of ether oxygens (including phenoxy) is 1. The summed E-state index contributed by atoms with van der Waals surface area (Å²) in [6, 6.07) is 14.9. The van der Waals surface area contributed by atoms with Crippen LogP contribution in [0.5, 0.6) is 5.75 Å². The molecule has 0 fully saturated rings. The third-order valence-electron chi connectivity index (χ3n) is 2.85. The smallest absolute Gasteiger partial charge is 0.249 e. The van der Waals surface area contributed by atoms with Crippen LogP contribution in [0.15, 0.2) is 52.9 Å². The zero-order valence-corrected chi connectivity index (χ0v) is 11.5. The van der Waals surface area contributed by atoms with Crippen molar-refractivity contribution < 1.29 is 9.15 Å². The van der Waals surface area contributed by atoms with E-state index >= 15 is 0 Å². The summed E-state index contributed by atoms with van der Waals surface area (Å²) in [7, 11) is 1.59. The van der Waals surface area contributed by atoms with Gasteiger partial charge in [-0.2, -0.15) is 0 Å². The maximum Gasteiger partial charge on any atom is 0.249 e. The minimum absolute atomic E-state index is 0.368. The molecule has 0 radical (unpaired) electrons. The highest BCUT2D eigenvalue weighted by Gasteiger charge is 2.14. The lowest BCUT2D eigenvalue weighted by Gasteiger charge is -2.03. The monoisotopic (exact) mass is 286 g/mol. The Balaban J connectivity index is 2.02. The van der Waals surface area contributed by atoms with E-state index in [1.807, 2.05) is 30.3 Å². The number of aromatic nitrogens is 2. The van der Waals surface area contributed by atoms with E-state index in [-0.39, 0.29) is 0 Å². The van der Waals surface area contributed by atoms with Crippen molar-refractivity contribution in [1.29, 1.82) is 0 Å². The quantitative estimate of drug-likeness (QED) is 0.728. The molecule has 1 heterocycles. The zero-order chi connectivity index (χ0) is 13.9. The van der Waals surface area contributed by atoms with E-state index < -0.39 is 0 Å². The predicted molar refractivity (Wildman–Crippen MR) is 76.7 cm³/mol. The number of benzene rings is 2. The van der Waals surface area contributed by atoms with E-state index in [1.54, 1.807) is 25.3 Å². The van der Waals surface area contributed by atoms with Gasteiger partial charge >= 0.3 is 0 Å². The molecule has 1 aromatic heterocycles. The van der Waals surface area contributed by atoms with Crippen molar-refractivity contribution in [2.24, 2.45) is 0 Å². The summed E-state index contributed by atoms with van der Waals surface area (Å²) in [5.41, 5.74) is 1.52. The van der Waals surface area contributed by atoms with Gasteiger partial charge in [-0.15, -0.1) is 10.2 Å². The van der Waals surface area contributed by atoms with Gasteiger partial charge in [-0.3, -0.25) is 0 Å². The van der Waals surface area contributed by atoms with Gasteiger partial charge in [-0.1, -0.05) is 29.8 Å². The highest BCUT2D eigenvalue weighted by molar-refractivity contribution is 6.33. The van der Waals surface area contributed by atoms with Gasteiger partial charge in [0.2, 0.25) is 11.8 Å². The average molecular weight is 287 g/mol. The van der Waals surface area contributed by atoms with Crippen molar-refractivity contribution in [3.63, 3.8) is 0 Å². The van der Waals surface area contributed by atoms with Crippen molar-refractivity contribution in [2.45, 2.75) is 0 Å². The standard InChI is InChI=1S/C15H11ClN2O2/c1-19-11-7-8-13(16)12(9-11)15-18-17-14(20-15)10-5-3-2-4-6-10/h2-9H,1H3. The fourth-order valence-corrected chi connectivity index (χ4v) is 2.02. The van der Waals surface area contributed by atoms with Crippen molar-refractivity contribution in [2.75, 3.05) is 7.11 Å². The molecule has 3 rings (SSSR count). The molecule has 0 saturated heterocycles. The van der Waals surface area contributed by atoms with Gasteiger partial charge in [0.1, 0.15) is 5.75 Å². The second-order valence-corrected chi connectivity index (χ2v) is 4.53. The van der Waals surface area contributed by atoms with Gasteiger partial charge < -0.3 is 9.15 Å². The van der Waals surface area contributed by atoms with Crippen LogP contribution in [0.2, 0.25) is 5.02 Å². The van der Waals surface area contributed by atoms with Crippen LogP contribution in [0.25, 0.3) is 22.9 Å². The second-order valence-electron chi connectivity index (χ2n) is 4.12. The molecular formula is C15H11ClN2O2. The van der Waals surface area contributed by atoms with Crippen LogP contribution in [0.4, 0.5) is 0 Å². The molecule has 0 spiro atoms. The lowest BCUT2D eigenvalue weighted by atomic mass is 10.2. The van der Waals surface area contributed by atoms with Crippen LogP contribution in [0.1, 0.15) is 0 Å². The topological polar surface area (TPSA) is 48.2 Å². The first-order chi connectivity index (χ1) is 9.78. The molecular weight excluding hydrogens is 276 g/mol. The van der Waals surface area contributed by atoms with E-state index in [2.05, 4.69) is 10.2 Å². The van der Waals surface area contributed by atoms with Crippen LogP contribution in [0.3, 0.4) is 0 Å². The summed E-state index contributed by atoms with van der Waals surface area (Å²) in [6.45, 7) is 0. The SMILES string of the molecule is COc1ccc(Cl)c(-c2nnc(-c3ccccc3)o2)c1. The fraction of sp³-hybridized carbons (Fsp3) is 0.0667. The molecule has 0 N–H and O–H groups in total. The maximum absolute atomic E-state index is 6.16. The number of hydrogen-bond donors (Lipinski definition) is 0. The Bertz CT molecular complexity index is 726. The van der Waals surface area contributed by atoms with Crippen molar-refractivity contribution in [3.8, 4) is 28.7 Å². The molecule has 0 amide bonds. The Morgan fingerprint density at radius 1 is 1.00 bits per heavy atom. The van der Waals surface area contributed by atoms with Gasteiger partial charge in [0.05, 0.1) is 17.7 Å². The predicted octanol–water partition coefficient (Wildman–Crippen LogP) is 4.07. The number of rotatable bonds is 3. The minimum Gasteiger partial charge on any atom is -0.497 e. The first-order valence-corrected chi connectivity index (χ1v) is 6.38. The Kier molecular flexibility index (Phi) is 3.39. The van der Waals surface area contributed by atoms with Crippen molar-refractivity contribution in [3.05, 3.63) is 53.6 Å². The van der Waals surface area contributed by atoms with Crippen molar-refractivity contribution in [1.82, 2.24) is 10.2 Å². The van der Waals surface area contributed by atoms with Crippen molar-refractivity contribution >= 4 is 11.6 Å². The number of hydrogen-bond acceptors (Lipinski definition) is 4. The van der Waals surface area contributed by atoms with E-state index in [0.29, 0.717) is 28.1 Å². The van der Waals surface area contributed by atoms with E-state index in [1.165, 1.54) is 0 Å². The van der Waals surface area contributed by atoms with Crippen LogP contribution in [0, 0.1) is 0 Å². The molecule has 0 bridgehead atoms. The fourth-order valence-electron chi connectivity index (χ4n) is 1.82. The third-order valence-corrected chi connectivity index (χ3v) is 3.18. The van der Waals surface area contributed by atoms with Crippen LogP contribution < -0.4 is 4.74 Å². The first-order valence-electron chi connectivity index (χ1n) is 6.01. The molecule has 0 aliphatic carbocycles. The highest BCUT2D eigenvalue weighted by atomic mass is 35.5. The largest absolute Gasteiger partial charge is 0.497 e. The maximum atomic E-state index is 6.16. The molecule has 0 atom stereocenters. The van der Waals surface area contributed by atoms with Crippen LogP contribution in [-0.4, -0.2) is 17.3 Å². The average Bonchev–Trinajstić information content (AvgIpc) is 2.98. The van der Waals surface area contributed by atoms with Gasteiger partial charge in [0.25, 0.3) is 0 Å². The van der Waals surface area contributed by atoms with Crippen LogP contribution in [-0.2, 0) is 0 Å². The Morgan fingerprint density at radius 3 is 2.50 bits per heavy atom. The zero-order valence-electron chi connectivity index (χ0n) is 10.7. The molecule has 2 aromatic carbocycles. The van der Waals surface area contributed by atoms with E-state index in [9.17, 15) is 0 Å². The summed E-state index contributed by atoms with van der Waals surface area (Å²) in [4.78, 5) is 0. The third kappa shape index (κ3) is 2.38.